The molecule has 1 aliphatic rings. The number of benzene rings is 1. The van der Waals surface area contributed by atoms with E-state index in [-0.39, 0.29) is 12.1 Å². The van der Waals surface area contributed by atoms with Gasteiger partial charge in [-0.2, -0.15) is 0 Å². The minimum absolute atomic E-state index is 0.0192. The number of pyridine rings is 2. The Morgan fingerprint density at radius 1 is 0.935 bits per heavy atom. The predicted octanol–water partition coefficient (Wildman–Crippen LogP) is 5.20. The highest BCUT2D eigenvalue weighted by Crippen LogP contribution is 2.40. The lowest BCUT2D eigenvalue weighted by Gasteiger charge is -2.29. The molecule has 1 saturated heterocycles. The fourth-order valence-corrected chi connectivity index (χ4v) is 4.62. The maximum atomic E-state index is 5.80. The summed E-state index contributed by atoms with van der Waals surface area (Å²) < 4.78 is 3.28. The lowest BCUT2D eigenvalue weighted by Crippen LogP contribution is -2.30. The summed E-state index contributed by atoms with van der Waals surface area (Å²) in [6.45, 7) is 0.688. The summed E-state index contributed by atoms with van der Waals surface area (Å²) in [5.41, 5.74) is 4.38. The van der Waals surface area contributed by atoms with E-state index >= 15 is 0 Å². The average Bonchev–Trinajstić information content (AvgIpc) is 3.40. The van der Waals surface area contributed by atoms with Crippen LogP contribution in [0.25, 0.3) is 5.69 Å². The van der Waals surface area contributed by atoms with Gasteiger partial charge < -0.3 is 14.8 Å². The molecule has 2 atom stereocenters. The largest absolute Gasteiger partial charge is 0.352 e. The molecule has 0 aliphatic carbocycles. The molecular weight excluding hydrogens is 470 g/mol. The summed E-state index contributed by atoms with van der Waals surface area (Å²) in [6, 6.07) is 22.6. The Kier molecular flexibility index (Phi) is 5.53. The van der Waals surface area contributed by atoms with E-state index in [2.05, 4.69) is 89.3 Å². The third kappa shape index (κ3) is 3.98. The Balaban J connectivity index is 1.60. The second kappa shape index (κ2) is 8.61. The minimum atomic E-state index is -0.0559. The molecular formula is C24H20BrN5S. The number of thiocarbonyl (C=S) groups is 1. The molecule has 5 rings (SSSR count). The van der Waals surface area contributed by atoms with Crippen molar-refractivity contribution in [1.29, 1.82) is 0 Å². The van der Waals surface area contributed by atoms with Crippen LogP contribution in [0.15, 0.2) is 96.0 Å². The third-order valence-electron chi connectivity index (χ3n) is 5.49. The highest BCUT2D eigenvalue weighted by Gasteiger charge is 2.41. The third-order valence-corrected chi connectivity index (χ3v) is 6.37. The number of nitrogens with zero attached hydrogens (tertiary/aromatic N) is 4. The van der Waals surface area contributed by atoms with Crippen LogP contribution < -0.4 is 5.32 Å². The first-order chi connectivity index (χ1) is 15.2. The fourth-order valence-electron chi connectivity index (χ4n) is 4.05. The van der Waals surface area contributed by atoms with E-state index in [9.17, 15) is 0 Å². The number of aromatic nitrogens is 3. The summed E-state index contributed by atoms with van der Waals surface area (Å²) in [6.07, 6.45) is 7.56. The number of nitrogens with one attached hydrogen (secondary N) is 1. The van der Waals surface area contributed by atoms with Gasteiger partial charge in [-0.05, 0) is 78.4 Å². The quantitative estimate of drug-likeness (QED) is 0.390. The van der Waals surface area contributed by atoms with Gasteiger partial charge in [-0.3, -0.25) is 9.97 Å². The van der Waals surface area contributed by atoms with Crippen molar-refractivity contribution in [3.63, 3.8) is 0 Å². The smallest absolute Gasteiger partial charge is 0.170 e. The summed E-state index contributed by atoms with van der Waals surface area (Å²) in [7, 11) is 0. The standard InChI is InChI=1S/C24H20BrN5S/c25-18-6-8-19(9-7-18)29-15-3-5-21(29)23-22(20-4-1-2-12-27-20)28-24(31)30(23)16-17-10-13-26-14-11-17/h1-15,22-23H,16H2,(H,28,31)/t22-,23+/m0/s1. The molecule has 1 aliphatic heterocycles. The molecule has 154 valence electrons. The Hall–Kier alpha value is -3.03. The molecule has 1 aromatic carbocycles. The molecule has 0 saturated carbocycles. The molecule has 3 aromatic heterocycles. The summed E-state index contributed by atoms with van der Waals surface area (Å²) in [5.74, 6) is 0. The monoisotopic (exact) mass is 489 g/mol. The van der Waals surface area contributed by atoms with E-state index in [1.165, 1.54) is 0 Å². The number of hydrogen-bond acceptors (Lipinski definition) is 3. The van der Waals surface area contributed by atoms with Gasteiger partial charge in [-0.1, -0.05) is 22.0 Å². The number of halogens is 1. The zero-order valence-corrected chi connectivity index (χ0v) is 19.0. The molecule has 0 radical (unpaired) electrons. The van der Waals surface area contributed by atoms with Gasteiger partial charge in [-0.25, -0.2) is 0 Å². The minimum Gasteiger partial charge on any atom is -0.352 e. The van der Waals surface area contributed by atoms with Crippen LogP contribution in [0.5, 0.6) is 0 Å². The topological polar surface area (TPSA) is 46.0 Å². The lowest BCUT2D eigenvalue weighted by molar-refractivity contribution is 0.302. The van der Waals surface area contributed by atoms with Crippen molar-refractivity contribution in [2.24, 2.45) is 0 Å². The molecule has 7 heteroatoms. The van der Waals surface area contributed by atoms with Crippen LogP contribution >= 0.6 is 28.1 Å². The van der Waals surface area contributed by atoms with E-state index in [0.717, 1.165) is 32.2 Å². The van der Waals surface area contributed by atoms with Crippen molar-refractivity contribution < 1.29 is 0 Å². The van der Waals surface area contributed by atoms with Crippen molar-refractivity contribution >= 4 is 33.3 Å². The highest BCUT2D eigenvalue weighted by atomic mass is 79.9. The van der Waals surface area contributed by atoms with Crippen LogP contribution in [0.2, 0.25) is 0 Å². The summed E-state index contributed by atoms with van der Waals surface area (Å²) >= 11 is 9.33. The van der Waals surface area contributed by atoms with Crippen LogP contribution in [0.3, 0.4) is 0 Å². The molecule has 0 amide bonds. The summed E-state index contributed by atoms with van der Waals surface area (Å²) in [4.78, 5) is 11.0. The molecule has 0 unspecified atom stereocenters. The van der Waals surface area contributed by atoms with Gasteiger partial charge in [0.1, 0.15) is 0 Å². The first-order valence-corrected chi connectivity index (χ1v) is 11.2. The van der Waals surface area contributed by atoms with Crippen molar-refractivity contribution in [3.8, 4) is 5.69 Å². The van der Waals surface area contributed by atoms with E-state index in [1.54, 1.807) is 0 Å². The van der Waals surface area contributed by atoms with E-state index < -0.39 is 0 Å². The molecule has 1 fully saturated rings. The number of hydrogen-bond donors (Lipinski definition) is 1. The molecule has 1 N–H and O–H groups in total. The van der Waals surface area contributed by atoms with Crippen LogP contribution in [0.4, 0.5) is 0 Å². The maximum absolute atomic E-state index is 5.80. The predicted molar refractivity (Wildman–Crippen MR) is 129 cm³/mol. The van der Waals surface area contributed by atoms with E-state index in [0.29, 0.717) is 6.54 Å². The molecule has 0 spiro atoms. The molecule has 4 aromatic rings. The Morgan fingerprint density at radius 2 is 1.74 bits per heavy atom. The van der Waals surface area contributed by atoms with Crippen molar-refractivity contribution in [3.05, 3.63) is 113 Å². The Labute approximate surface area is 194 Å². The van der Waals surface area contributed by atoms with Crippen LogP contribution in [-0.2, 0) is 6.54 Å². The van der Waals surface area contributed by atoms with E-state index in [4.69, 9.17) is 12.2 Å². The van der Waals surface area contributed by atoms with E-state index in [1.807, 2.05) is 42.9 Å². The fraction of sp³-hybridized carbons (Fsp3) is 0.125. The van der Waals surface area contributed by atoms with Crippen molar-refractivity contribution in [2.75, 3.05) is 0 Å². The van der Waals surface area contributed by atoms with Gasteiger partial charge in [0, 0.05) is 47.2 Å². The normalized spacial score (nSPS) is 18.2. The second-order valence-electron chi connectivity index (χ2n) is 7.39. The van der Waals surface area contributed by atoms with Crippen LogP contribution in [-0.4, -0.2) is 24.5 Å². The van der Waals surface area contributed by atoms with Gasteiger partial charge in [-0.15, -0.1) is 0 Å². The van der Waals surface area contributed by atoms with Crippen LogP contribution in [0, 0.1) is 0 Å². The zero-order valence-electron chi connectivity index (χ0n) is 16.6. The second-order valence-corrected chi connectivity index (χ2v) is 8.69. The summed E-state index contributed by atoms with van der Waals surface area (Å²) in [5, 5.41) is 4.25. The van der Waals surface area contributed by atoms with Gasteiger partial charge in [0.05, 0.1) is 17.8 Å². The SMILES string of the molecule is S=C1N[C@@H](c2ccccn2)[C@@H](c2cccn2-c2ccc(Br)cc2)N1Cc1ccncc1. The average molecular weight is 490 g/mol. The van der Waals surface area contributed by atoms with Gasteiger partial charge in [0.25, 0.3) is 0 Å². The highest BCUT2D eigenvalue weighted by molar-refractivity contribution is 9.10. The van der Waals surface area contributed by atoms with Gasteiger partial charge in [0.15, 0.2) is 5.11 Å². The van der Waals surface area contributed by atoms with Crippen molar-refractivity contribution in [1.82, 2.24) is 24.8 Å². The van der Waals surface area contributed by atoms with Crippen LogP contribution in [0.1, 0.15) is 29.0 Å². The maximum Gasteiger partial charge on any atom is 0.170 e. The van der Waals surface area contributed by atoms with Gasteiger partial charge in [0.2, 0.25) is 0 Å². The zero-order chi connectivity index (χ0) is 21.2. The van der Waals surface area contributed by atoms with Gasteiger partial charge >= 0.3 is 0 Å². The Bertz CT molecular complexity index is 1180. The molecule has 0 bridgehead atoms. The Morgan fingerprint density at radius 3 is 2.48 bits per heavy atom. The lowest BCUT2D eigenvalue weighted by atomic mass is 10.0. The molecule has 4 heterocycles. The first kappa shape index (κ1) is 19.9. The number of rotatable bonds is 5. The first-order valence-electron chi connectivity index (χ1n) is 10.0. The molecule has 31 heavy (non-hydrogen) atoms. The van der Waals surface area contributed by atoms with Crippen molar-refractivity contribution in [2.45, 2.75) is 18.6 Å². The molecule has 5 nitrogen and oxygen atoms in total.